The molecule has 0 bridgehead atoms. The molecule has 208 valence electrons. The van der Waals surface area contributed by atoms with E-state index in [1.807, 2.05) is 0 Å². The summed E-state index contributed by atoms with van der Waals surface area (Å²) in [5.41, 5.74) is 1.57. The van der Waals surface area contributed by atoms with Crippen molar-refractivity contribution in [2.75, 3.05) is 25.1 Å². The molecule has 1 fully saturated rings. The maximum Gasteiger partial charge on any atom is 0.335 e. The average molecular weight is 553 g/mol. The van der Waals surface area contributed by atoms with Crippen LogP contribution in [0.3, 0.4) is 0 Å². The highest BCUT2D eigenvalue weighted by molar-refractivity contribution is 7.53. The molecule has 14 heteroatoms. The predicted octanol–water partition coefficient (Wildman–Crippen LogP) is 1.40. The molecule has 0 aromatic heterocycles. The fourth-order valence-electron chi connectivity index (χ4n) is 3.85. The third kappa shape index (κ3) is 7.50. The lowest BCUT2D eigenvalue weighted by molar-refractivity contribution is -0.138. The van der Waals surface area contributed by atoms with E-state index in [9.17, 15) is 29.2 Å². The van der Waals surface area contributed by atoms with Gasteiger partial charge in [0.15, 0.2) is 12.3 Å². The average Bonchev–Trinajstić information content (AvgIpc) is 3.15. The van der Waals surface area contributed by atoms with Crippen molar-refractivity contribution in [3.05, 3.63) is 54.4 Å². The number of aliphatic hydroxyl groups is 2. The molecule has 0 radical (unpaired) electrons. The van der Waals surface area contributed by atoms with E-state index in [2.05, 4.69) is 22.5 Å². The van der Waals surface area contributed by atoms with Crippen molar-refractivity contribution >= 4 is 31.1 Å². The first kappa shape index (κ1) is 29.5. The molecule has 13 nitrogen and oxygen atoms in total. The molecule has 2 aliphatic rings. The molecular weight excluding hydrogens is 519 g/mol. The molecule has 2 aliphatic heterocycles. The van der Waals surface area contributed by atoms with E-state index in [1.165, 1.54) is 12.3 Å². The minimum absolute atomic E-state index is 0.0636. The number of aliphatic hydroxyl groups excluding tert-OH is 2. The summed E-state index contributed by atoms with van der Waals surface area (Å²) in [7, 11) is -3.24. The van der Waals surface area contributed by atoms with Crippen LogP contribution in [0.1, 0.15) is 25.8 Å². The number of anilines is 1. The minimum atomic E-state index is -3.24. The lowest BCUT2D eigenvalue weighted by Crippen LogP contribution is -2.49. The summed E-state index contributed by atoms with van der Waals surface area (Å²) in [4.78, 5) is 37.9. The maximum atomic E-state index is 12.7. The summed E-state index contributed by atoms with van der Waals surface area (Å²) in [6.45, 7) is 7.53. The van der Waals surface area contributed by atoms with Crippen LogP contribution in [0, 0.1) is 0 Å². The van der Waals surface area contributed by atoms with Crippen molar-refractivity contribution in [1.82, 2.24) is 15.5 Å². The highest BCUT2D eigenvalue weighted by Gasteiger charge is 2.49. The molecule has 3 rings (SSSR count). The molecule has 0 saturated carbocycles. The van der Waals surface area contributed by atoms with Gasteiger partial charge < -0.3 is 39.9 Å². The van der Waals surface area contributed by atoms with Crippen molar-refractivity contribution in [1.29, 1.82) is 0 Å². The second-order valence-electron chi connectivity index (χ2n) is 8.50. The van der Waals surface area contributed by atoms with Gasteiger partial charge in [-0.15, -0.1) is 0 Å². The molecule has 5 N–H and O–H groups in total. The fraction of sp³-hybridized carbons (Fsp3) is 0.458. The Morgan fingerprint density at radius 2 is 1.82 bits per heavy atom. The standard InChI is InChI=1S/C24H33N4O9P/c1-4-35-38(34,36-5-2)14-16-6-8-17(9-7-16)27-18(29)10-12-25-22(32)21-19(30)20(31)23(37-21)28-13-11-15(3)26-24(28)33/h6-9,11,13,19-21,23,30-31H,3-5,10,12,14H2,1-2H3,(H,25,32)(H,26,33)(H,27,29)/t19-,20+,21-,23+/m0/s1. The van der Waals surface area contributed by atoms with Gasteiger partial charge >= 0.3 is 13.6 Å². The molecule has 1 aromatic carbocycles. The SMILES string of the molecule is C=C1C=CN([C@@H]2O[C@H](C(=O)NCCC(=O)Nc3ccc(CP(=O)(OCC)OCC)cc3)[C@@H](O)[C@H]2O)C(=O)N1. The van der Waals surface area contributed by atoms with E-state index in [0.717, 1.165) is 10.5 Å². The van der Waals surface area contributed by atoms with Crippen LogP contribution in [0.2, 0.25) is 0 Å². The van der Waals surface area contributed by atoms with Crippen molar-refractivity contribution in [3.8, 4) is 0 Å². The van der Waals surface area contributed by atoms with Crippen LogP contribution in [0.5, 0.6) is 0 Å². The highest BCUT2D eigenvalue weighted by atomic mass is 31.2. The first-order chi connectivity index (χ1) is 18.1. The van der Waals surface area contributed by atoms with Gasteiger partial charge in [0.05, 0.1) is 19.4 Å². The molecule has 2 heterocycles. The number of hydrogen-bond acceptors (Lipinski definition) is 9. The van der Waals surface area contributed by atoms with Gasteiger partial charge in [-0.3, -0.25) is 19.1 Å². The monoisotopic (exact) mass is 552 g/mol. The van der Waals surface area contributed by atoms with E-state index in [4.69, 9.17) is 13.8 Å². The van der Waals surface area contributed by atoms with Crippen molar-refractivity contribution < 1.29 is 42.9 Å². The third-order valence-corrected chi connectivity index (χ3v) is 7.68. The number of benzene rings is 1. The summed E-state index contributed by atoms with van der Waals surface area (Å²) in [6, 6.07) is 6.08. The van der Waals surface area contributed by atoms with E-state index >= 15 is 0 Å². The van der Waals surface area contributed by atoms with Gasteiger partial charge in [0, 0.05) is 30.5 Å². The van der Waals surface area contributed by atoms with Gasteiger partial charge in [-0.1, -0.05) is 18.7 Å². The van der Waals surface area contributed by atoms with Crippen LogP contribution in [-0.4, -0.2) is 77.3 Å². The van der Waals surface area contributed by atoms with Gasteiger partial charge in [-0.25, -0.2) is 4.79 Å². The number of carbonyl (C=O) groups is 3. The zero-order valence-corrected chi connectivity index (χ0v) is 22.1. The highest BCUT2D eigenvalue weighted by Crippen LogP contribution is 2.51. The number of nitrogens with one attached hydrogen (secondary N) is 3. The Bertz CT molecular complexity index is 1100. The van der Waals surface area contributed by atoms with Crippen LogP contribution in [-0.2, 0) is 34.1 Å². The molecule has 1 saturated heterocycles. The van der Waals surface area contributed by atoms with Crippen LogP contribution in [0.15, 0.2) is 48.8 Å². The first-order valence-electron chi connectivity index (χ1n) is 12.1. The molecular formula is C24H33N4O9P. The number of nitrogens with zero attached hydrogens (tertiary/aromatic N) is 1. The number of ether oxygens (including phenoxy) is 1. The first-order valence-corrected chi connectivity index (χ1v) is 13.8. The second kappa shape index (κ2) is 13.1. The van der Waals surface area contributed by atoms with Gasteiger partial charge in [-0.2, -0.15) is 0 Å². The quantitative estimate of drug-likeness (QED) is 0.240. The van der Waals surface area contributed by atoms with Crippen LogP contribution in [0.25, 0.3) is 0 Å². The number of hydrogen-bond donors (Lipinski definition) is 5. The molecule has 0 unspecified atom stereocenters. The third-order valence-electron chi connectivity index (χ3n) is 5.63. The van der Waals surface area contributed by atoms with Gasteiger partial charge in [-0.05, 0) is 37.6 Å². The van der Waals surface area contributed by atoms with Gasteiger partial charge in [0.1, 0.15) is 12.2 Å². The van der Waals surface area contributed by atoms with E-state index in [-0.39, 0.29) is 38.2 Å². The Balaban J connectivity index is 1.46. The van der Waals surface area contributed by atoms with Crippen molar-refractivity contribution in [2.24, 2.45) is 0 Å². The molecule has 0 aliphatic carbocycles. The Labute approximate surface area is 220 Å². The van der Waals surface area contributed by atoms with Crippen molar-refractivity contribution in [2.45, 2.75) is 51.0 Å². The topological polar surface area (TPSA) is 176 Å². The summed E-state index contributed by atoms with van der Waals surface area (Å²) in [6.07, 6.45) is -3.01. The van der Waals surface area contributed by atoms with Gasteiger partial charge in [0.2, 0.25) is 5.91 Å². The Morgan fingerprint density at radius 3 is 2.42 bits per heavy atom. The van der Waals surface area contributed by atoms with E-state index < -0.39 is 44.1 Å². The number of rotatable bonds is 12. The van der Waals surface area contributed by atoms with Crippen molar-refractivity contribution in [3.63, 3.8) is 0 Å². The van der Waals surface area contributed by atoms with E-state index in [1.54, 1.807) is 38.1 Å². The summed E-state index contributed by atoms with van der Waals surface area (Å²) in [5, 5.41) is 28.2. The summed E-state index contributed by atoms with van der Waals surface area (Å²) in [5.74, 6) is -1.12. The number of allylic oxidation sites excluding steroid dienone is 1. The van der Waals surface area contributed by atoms with Crippen LogP contribution in [0.4, 0.5) is 10.5 Å². The molecule has 0 spiro atoms. The fourth-order valence-corrected chi connectivity index (χ4v) is 5.55. The number of urea groups is 1. The largest absolute Gasteiger partial charge is 0.387 e. The van der Waals surface area contributed by atoms with Crippen LogP contribution < -0.4 is 16.0 Å². The predicted molar refractivity (Wildman–Crippen MR) is 137 cm³/mol. The zero-order chi connectivity index (χ0) is 27.9. The van der Waals surface area contributed by atoms with E-state index in [0.29, 0.717) is 11.4 Å². The maximum absolute atomic E-state index is 12.7. The summed E-state index contributed by atoms with van der Waals surface area (Å²) >= 11 is 0. The molecule has 38 heavy (non-hydrogen) atoms. The molecule has 4 amide bonds. The minimum Gasteiger partial charge on any atom is -0.387 e. The lowest BCUT2D eigenvalue weighted by atomic mass is 10.1. The van der Waals surface area contributed by atoms with Gasteiger partial charge in [0.25, 0.3) is 5.91 Å². The summed E-state index contributed by atoms with van der Waals surface area (Å²) < 4.78 is 28.7. The molecule has 1 aromatic rings. The number of amides is 4. The smallest absolute Gasteiger partial charge is 0.335 e. The Kier molecular flexibility index (Phi) is 10.2. The normalized spacial score (nSPS) is 23.3. The molecule has 4 atom stereocenters. The zero-order valence-electron chi connectivity index (χ0n) is 21.2. The second-order valence-corrected chi connectivity index (χ2v) is 10.6. The van der Waals surface area contributed by atoms with Crippen LogP contribution >= 0.6 is 7.60 Å². The lowest BCUT2D eigenvalue weighted by Gasteiger charge is -2.29. The Morgan fingerprint density at radius 1 is 1.16 bits per heavy atom. The Hall–Kier alpha value is -3.06. The number of carbonyl (C=O) groups excluding carboxylic acids is 3.